The third kappa shape index (κ3) is 2.48. The Bertz CT molecular complexity index is 582. The van der Waals surface area contributed by atoms with Crippen molar-refractivity contribution < 1.29 is 9.59 Å². The van der Waals surface area contributed by atoms with Gasteiger partial charge in [0.05, 0.1) is 0 Å². The molecule has 1 aromatic rings. The van der Waals surface area contributed by atoms with E-state index in [0.29, 0.717) is 12.8 Å². The summed E-state index contributed by atoms with van der Waals surface area (Å²) < 4.78 is 0.935. The number of rotatable bonds is 3. The Balaban J connectivity index is 2.56. The van der Waals surface area contributed by atoms with Gasteiger partial charge in [-0.25, -0.2) is 0 Å². The van der Waals surface area contributed by atoms with E-state index in [9.17, 15) is 9.59 Å². The maximum absolute atomic E-state index is 13.0. The number of piperazine rings is 1. The first-order valence-electron chi connectivity index (χ1n) is 7.28. The third-order valence-electron chi connectivity index (χ3n) is 4.46. The van der Waals surface area contributed by atoms with Gasteiger partial charge in [-0.2, -0.15) is 0 Å². The Morgan fingerprint density at radius 1 is 1.29 bits per heavy atom. The molecule has 1 saturated heterocycles. The van der Waals surface area contributed by atoms with Gasteiger partial charge in [0, 0.05) is 10.2 Å². The highest BCUT2D eigenvalue weighted by atomic mass is 79.9. The number of hydrogen-bond acceptors (Lipinski definition) is 2. The summed E-state index contributed by atoms with van der Waals surface area (Å²) in [4.78, 5) is 27.0. The number of amides is 2. The molecule has 1 N–H and O–H groups in total. The summed E-state index contributed by atoms with van der Waals surface area (Å²) in [5.41, 5.74) is 0.967. The van der Waals surface area contributed by atoms with Gasteiger partial charge >= 0.3 is 0 Å². The van der Waals surface area contributed by atoms with Gasteiger partial charge in [0.2, 0.25) is 5.91 Å². The van der Waals surface area contributed by atoms with E-state index in [0.717, 1.165) is 15.7 Å². The largest absolute Gasteiger partial charge is 0.340 e. The molecule has 1 heterocycles. The summed E-state index contributed by atoms with van der Waals surface area (Å²) in [6.07, 6.45) is 1.18. The topological polar surface area (TPSA) is 49.4 Å². The minimum absolute atomic E-state index is 0.0270. The molecule has 0 spiro atoms. The molecular formula is C16H21BrN2O2. The second kappa shape index (κ2) is 5.79. The molecule has 114 valence electrons. The summed E-state index contributed by atoms with van der Waals surface area (Å²) in [6.45, 7) is 7.58. The Hall–Kier alpha value is -1.36. The predicted molar refractivity (Wildman–Crippen MR) is 87.3 cm³/mol. The third-order valence-corrected chi connectivity index (χ3v) is 5.32. The predicted octanol–water partition coefficient (Wildman–Crippen LogP) is 3.17. The maximum atomic E-state index is 13.0. The number of nitrogens with zero attached hydrogens (tertiary/aromatic N) is 1. The number of carbonyl (C=O) groups is 2. The number of nitrogens with one attached hydrogen (secondary N) is 1. The molecular weight excluding hydrogens is 332 g/mol. The van der Waals surface area contributed by atoms with Crippen LogP contribution < -0.4 is 10.2 Å². The van der Waals surface area contributed by atoms with Crippen LogP contribution >= 0.6 is 15.9 Å². The van der Waals surface area contributed by atoms with Crippen molar-refractivity contribution >= 4 is 33.4 Å². The van der Waals surface area contributed by atoms with Gasteiger partial charge in [0.25, 0.3) is 5.91 Å². The molecule has 1 aliphatic heterocycles. The normalized spacial score (nSPS) is 21.4. The van der Waals surface area contributed by atoms with E-state index in [-0.39, 0.29) is 11.8 Å². The quantitative estimate of drug-likeness (QED) is 0.908. The SMILES string of the molecule is CCC1(CC)NC(=O)C(C)N(c2cccc(Br)c2C)C1=O. The van der Waals surface area contributed by atoms with Crippen molar-refractivity contribution in [3.8, 4) is 0 Å². The van der Waals surface area contributed by atoms with Crippen molar-refractivity contribution in [2.75, 3.05) is 4.90 Å². The molecule has 5 heteroatoms. The maximum Gasteiger partial charge on any atom is 0.253 e. The molecule has 0 saturated carbocycles. The summed E-state index contributed by atoms with van der Waals surface area (Å²) >= 11 is 3.49. The summed E-state index contributed by atoms with van der Waals surface area (Å²) in [7, 11) is 0. The van der Waals surface area contributed by atoms with E-state index in [4.69, 9.17) is 0 Å². The molecule has 1 unspecified atom stereocenters. The number of hydrogen-bond donors (Lipinski definition) is 1. The van der Waals surface area contributed by atoms with E-state index in [1.54, 1.807) is 11.8 Å². The van der Waals surface area contributed by atoms with Crippen LogP contribution in [0, 0.1) is 6.92 Å². The van der Waals surface area contributed by atoms with E-state index in [1.807, 2.05) is 39.0 Å². The van der Waals surface area contributed by atoms with Crippen LogP contribution in [0.3, 0.4) is 0 Å². The first kappa shape index (κ1) is 16.0. The van der Waals surface area contributed by atoms with Crippen molar-refractivity contribution in [3.63, 3.8) is 0 Å². The first-order valence-corrected chi connectivity index (χ1v) is 8.08. The average molecular weight is 353 g/mol. The van der Waals surface area contributed by atoms with Crippen LogP contribution in [0.15, 0.2) is 22.7 Å². The smallest absolute Gasteiger partial charge is 0.253 e. The van der Waals surface area contributed by atoms with Gasteiger partial charge in [-0.05, 0) is 44.4 Å². The fourth-order valence-corrected chi connectivity index (χ4v) is 3.18. The summed E-state index contributed by atoms with van der Waals surface area (Å²) in [5, 5.41) is 2.92. The number of halogens is 1. The van der Waals surface area contributed by atoms with Gasteiger partial charge in [-0.15, -0.1) is 0 Å². The van der Waals surface area contributed by atoms with Gasteiger partial charge in [0.1, 0.15) is 11.6 Å². The minimum Gasteiger partial charge on any atom is -0.340 e. The lowest BCUT2D eigenvalue weighted by atomic mass is 9.87. The number of benzene rings is 1. The Morgan fingerprint density at radius 3 is 2.48 bits per heavy atom. The first-order chi connectivity index (χ1) is 9.88. The zero-order chi connectivity index (χ0) is 15.8. The lowest BCUT2D eigenvalue weighted by Crippen LogP contribution is -2.69. The lowest BCUT2D eigenvalue weighted by molar-refractivity contribution is -0.138. The Kier molecular flexibility index (Phi) is 4.42. The van der Waals surface area contributed by atoms with Gasteiger partial charge < -0.3 is 5.32 Å². The van der Waals surface area contributed by atoms with Crippen LogP contribution in [0.4, 0.5) is 5.69 Å². The number of anilines is 1. The molecule has 0 aliphatic carbocycles. The van der Waals surface area contributed by atoms with Crippen molar-refractivity contribution in [2.45, 2.75) is 52.1 Å². The Morgan fingerprint density at radius 2 is 1.90 bits per heavy atom. The molecule has 1 aromatic carbocycles. The zero-order valence-corrected chi connectivity index (χ0v) is 14.5. The molecule has 2 rings (SSSR count). The van der Waals surface area contributed by atoms with Crippen LogP contribution in [0.2, 0.25) is 0 Å². The molecule has 0 radical (unpaired) electrons. The van der Waals surface area contributed by atoms with E-state index >= 15 is 0 Å². The van der Waals surface area contributed by atoms with Crippen molar-refractivity contribution in [2.24, 2.45) is 0 Å². The lowest BCUT2D eigenvalue weighted by Gasteiger charge is -2.45. The zero-order valence-electron chi connectivity index (χ0n) is 12.9. The van der Waals surface area contributed by atoms with Crippen molar-refractivity contribution in [1.82, 2.24) is 5.32 Å². The fraction of sp³-hybridized carbons (Fsp3) is 0.500. The average Bonchev–Trinajstić information content (AvgIpc) is 2.47. The highest BCUT2D eigenvalue weighted by molar-refractivity contribution is 9.10. The number of carbonyl (C=O) groups excluding carboxylic acids is 2. The molecule has 2 amide bonds. The van der Waals surface area contributed by atoms with Crippen LogP contribution in [0.1, 0.15) is 39.2 Å². The molecule has 1 atom stereocenters. The minimum atomic E-state index is -0.793. The molecule has 1 fully saturated rings. The monoisotopic (exact) mass is 352 g/mol. The standard InChI is InChI=1S/C16H21BrN2O2/c1-5-16(6-2)15(21)19(11(4)14(20)18-16)13-9-7-8-12(17)10(13)3/h7-9,11H,5-6H2,1-4H3,(H,18,20). The summed E-state index contributed by atoms with van der Waals surface area (Å²) in [5.74, 6) is -0.126. The summed E-state index contributed by atoms with van der Waals surface area (Å²) in [6, 6.07) is 5.21. The molecule has 1 aliphatic rings. The van der Waals surface area contributed by atoms with E-state index in [2.05, 4.69) is 21.2 Å². The van der Waals surface area contributed by atoms with Crippen molar-refractivity contribution in [3.05, 3.63) is 28.2 Å². The van der Waals surface area contributed by atoms with Crippen LogP contribution in [0.25, 0.3) is 0 Å². The van der Waals surface area contributed by atoms with Crippen LogP contribution in [-0.4, -0.2) is 23.4 Å². The fourth-order valence-electron chi connectivity index (χ4n) is 2.82. The second-order valence-electron chi connectivity index (χ2n) is 5.51. The molecule has 4 nitrogen and oxygen atoms in total. The highest BCUT2D eigenvalue weighted by Gasteiger charge is 2.48. The van der Waals surface area contributed by atoms with Crippen LogP contribution in [0.5, 0.6) is 0 Å². The molecule has 21 heavy (non-hydrogen) atoms. The Labute approximate surface area is 134 Å². The van der Waals surface area contributed by atoms with Gasteiger partial charge in [-0.3, -0.25) is 14.5 Å². The molecule has 0 aromatic heterocycles. The van der Waals surface area contributed by atoms with Crippen molar-refractivity contribution in [1.29, 1.82) is 0 Å². The highest BCUT2D eigenvalue weighted by Crippen LogP contribution is 2.33. The van der Waals surface area contributed by atoms with E-state index < -0.39 is 11.6 Å². The second-order valence-corrected chi connectivity index (χ2v) is 6.37. The molecule has 0 bridgehead atoms. The van der Waals surface area contributed by atoms with Crippen LogP contribution in [-0.2, 0) is 9.59 Å². The van der Waals surface area contributed by atoms with Gasteiger partial charge in [-0.1, -0.05) is 35.8 Å². The van der Waals surface area contributed by atoms with E-state index in [1.165, 1.54) is 0 Å². The van der Waals surface area contributed by atoms with Gasteiger partial charge in [0.15, 0.2) is 0 Å².